The number of aliphatic hydroxyl groups is 1. The molecular weight excluding hydrogens is 226 g/mol. The van der Waals surface area contributed by atoms with Crippen LogP contribution in [0.1, 0.15) is 33.1 Å². The van der Waals surface area contributed by atoms with Crippen molar-refractivity contribution in [3.8, 4) is 0 Å². The van der Waals surface area contributed by atoms with E-state index >= 15 is 0 Å². The molecule has 0 aromatic rings. The Kier molecular flexibility index (Phi) is 4.64. The van der Waals surface area contributed by atoms with Crippen LogP contribution in [0.2, 0.25) is 0 Å². The van der Waals surface area contributed by atoms with E-state index in [0.717, 1.165) is 32.6 Å². The number of hydrogen-bond acceptors (Lipinski definition) is 4. The lowest BCUT2D eigenvalue weighted by atomic mass is 9.93. The summed E-state index contributed by atoms with van der Waals surface area (Å²) in [5, 5.41) is 13.3. The summed E-state index contributed by atoms with van der Waals surface area (Å²) < 4.78 is 0. The smallest absolute Gasteiger partial charge is 0.0611 e. The molecule has 106 valence electrons. The van der Waals surface area contributed by atoms with Gasteiger partial charge in [0.2, 0.25) is 0 Å². The molecule has 0 bridgehead atoms. The average Bonchev–Trinajstić information content (AvgIpc) is 3.13. The van der Waals surface area contributed by atoms with Gasteiger partial charge in [-0.2, -0.15) is 0 Å². The lowest BCUT2D eigenvalue weighted by Gasteiger charge is -2.40. The first-order chi connectivity index (χ1) is 8.52. The SMILES string of the molecule is CC(CC(C)(CO)NC1CC1)N1CCN(C)CC1. The minimum Gasteiger partial charge on any atom is -0.394 e. The van der Waals surface area contributed by atoms with Gasteiger partial charge < -0.3 is 15.3 Å². The zero-order valence-electron chi connectivity index (χ0n) is 12.2. The predicted molar refractivity (Wildman–Crippen MR) is 74.8 cm³/mol. The minimum atomic E-state index is -0.107. The highest BCUT2D eigenvalue weighted by Gasteiger charge is 2.34. The molecule has 1 heterocycles. The van der Waals surface area contributed by atoms with Crippen molar-refractivity contribution in [1.29, 1.82) is 0 Å². The molecule has 2 rings (SSSR count). The Bertz CT molecular complexity index is 262. The number of aliphatic hydroxyl groups excluding tert-OH is 1. The summed E-state index contributed by atoms with van der Waals surface area (Å²) in [6, 6.07) is 1.20. The second kappa shape index (κ2) is 5.87. The third-order valence-electron chi connectivity index (χ3n) is 4.39. The first kappa shape index (κ1) is 14.3. The van der Waals surface area contributed by atoms with Crippen LogP contribution in [-0.4, -0.2) is 72.4 Å². The molecule has 2 atom stereocenters. The van der Waals surface area contributed by atoms with Crippen LogP contribution in [0.15, 0.2) is 0 Å². The monoisotopic (exact) mass is 255 g/mol. The van der Waals surface area contributed by atoms with Gasteiger partial charge in [0, 0.05) is 43.8 Å². The molecule has 0 amide bonds. The van der Waals surface area contributed by atoms with Crippen molar-refractivity contribution >= 4 is 0 Å². The van der Waals surface area contributed by atoms with Gasteiger partial charge in [-0.15, -0.1) is 0 Å². The fraction of sp³-hybridized carbons (Fsp3) is 1.00. The Balaban J connectivity index is 1.82. The summed E-state index contributed by atoms with van der Waals surface area (Å²) >= 11 is 0. The lowest BCUT2D eigenvalue weighted by molar-refractivity contribution is 0.0796. The van der Waals surface area contributed by atoms with Crippen LogP contribution in [-0.2, 0) is 0 Å². The molecule has 0 aromatic carbocycles. The number of hydrogen-bond donors (Lipinski definition) is 2. The standard InChI is InChI=1S/C14H29N3O/c1-12(17-8-6-16(3)7-9-17)10-14(2,11-18)15-13-4-5-13/h12-13,15,18H,4-11H2,1-3H3. The van der Waals surface area contributed by atoms with Gasteiger partial charge in [0.1, 0.15) is 0 Å². The fourth-order valence-corrected chi connectivity index (χ4v) is 2.93. The van der Waals surface area contributed by atoms with Crippen molar-refractivity contribution < 1.29 is 5.11 Å². The van der Waals surface area contributed by atoms with Gasteiger partial charge in [0.25, 0.3) is 0 Å². The fourth-order valence-electron chi connectivity index (χ4n) is 2.93. The quantitative estimate of drug-likeness (QED) is 0.726. The van der Waals surface area contributed by atoms with Gasteiger partial charge in [0.15, 0.2) is 0 Å². The Morgan fingerprint density at radius 2 is 1.89 bits per heavy atom. The predicted octanol–water partition coefficient (Wildman–Crippen LogP) is 0.515. The van der Waals surface area contributed by atoms with Crippen molar-refractivity contribution in [3.05, 3.63) is 0 Å². The van der Waals surface area contributed by atoms with Crippen molar-refractivity contribution in [2.75, 3.05) is 39.8 Å². The Hall–Kier alpha value is -0.160. The molecule has 2 aliphatic rings. The normalized spacial score (nSPS) is 28.0. The molecule has 2 N–H and O–H groups in total. The van der Waals surface area contributed by atoms with Crippen LogP contribution in [0.5, 0.6) is 0 Å². The molecule has 0 radical (unpaired) electrons. The molecule has 4 nitrogen and oxygen atoms in total. The summed E-state index contributed by atoms with van der Waals surface area (Å²) in [6.45, 7) is 9.34. The van der Waals surface area contributed by atoms with E-state index in [2.05, 4.69) is 36.0 Å². The van der Waals surface area contributed by atoms with Crippen LogP contribution in [0, 0.1) is 0 Å². The van der Waals surface area contributed by atoms with Gasteiger partial charge in [-0.05, 0) is 40.2 Å². The van der Waals surface area contributed by atoms with Crippen LogP contribution in [0.25, 0.3) is 0 Å². The maximum Gasteiger partial charge on any atom is 0.0611 e. The van der Waals surface area contributed by atoms with Crippen LogP contribution < -0.4 is 5.32 Å². The molecule has 0 spiro atoms. The molecule has 1 saturated carbocycles. The third kappa shape index (κ3) is 3.92. The largest absolute Gasteiger partial charge is 0.394 e. The number of rotatable bonds is 6. The van der Waals surface area contributed by atoms with Gasteiger partial charge in [-0.3, -0.25) is 4.90 Å². The van der Waals surface area contributed by atoms with E-state index in [9.17, 15) is 5.11 Å². The van der Waals surface area contributed by atoms with Crippen LogP contribution >= 0.6 is 0 Å². The number of likely N-dealkylation sites (N-methyl/N-ethyl adjacent to an activating group) is 1. The molecule has 1 aliphatic heterocycles. The molecular formula is C14H29N3O. The highest BCUT2D eigenvalue weighted by atomic mass is 16.3. The van der Waals surface area contributed by atoms with Crippen molar-refractivity contribution in [1.82, 2.24) is 15.1 Å². The zero-order valence-corrected chi connectivity index (χ0v) is 12.2. The Morgan fingerprint density at radius 3 is 2.39 bits per heavy atom. The van der Waals surface area contributed by atoms with Gasteiger partial charge in [0.05, 0.1) is 6.61 Å². The number of nitrogens with zero attached hydrogens (tertiary/aromatic N) is 2. The maximum absolute atomic E-state index is 9.66. The van der Waals surface area contributed by atoms with Crippen LogP contribution in [0.4, 0.5) is 0 Å². The summed E-state index contributed by atoms with van der Waals surface area (Å²) in [6.07, 6.45) is 3.58. The van der Waals surface area contributed by atoms with Gasteiger partial charge in [-0.25, -0.2) is 0 Å². The Morgan fingerprint density at radius 1 is 1.28 bits per heavy atom. The molecule has 18 heavy (non-hydrogen) atoms. The highest BCUT2D eigenvalue weighted by Crippen LogP contribution is 2.25. The van der Waals surface area contributed by atoms with Crippen molar-refractivity contribution in [3.63, 3.8) is 0 Å². The van der Waals surface area contributed by atoms with Crippen molar-refractivity contribution in [2.24, 2.45) is 0 Å². The van der Waals surface area contributed by atoms with E-state index in [4.69, 9.17) is 0 Å². The highest BCUT2D eigenvalue weighted by molar-refractivity contribution is 4.94. The van der Waals surface area contributed by atoms with E-state index < -0.39 is 0 Å². The molecule has 4 heteroatoms. The zero-order chi connectivity index (χ0) is 13.2. The lowest BCUT2D eigenvalue weighted by Crippen LogP contribution is -2.54. The van der Waals surface area contributed by atoms with E-state index in [1.165, 1.54) is 12.8 Å². The average molecular weight is 255 g/mol. The molecule has 1 saturated heterocycles. The second-order valence-electron chi connectivity index (χ2n) is 6.53. The summed E-state index contributed by atoms with van der Waals surface area (Å²) in [5.74, 6) is 0. The molecule has 1 aliphatic carbocycles. The number of piperazine rings is 1. The second-order valence-corrected chi connectivity index (χ2v) is 6.53. The summed E-state index contributed by atoms with van der Waals surface area (Å²) in [5.41, 5.74) is -0.107. The van der Waals surface area contributed by atoms with Gasteiger partial charge >= 0.3 is 0 Å². The minimum absolute atomic E-state index is 0.107. The third-order valence-corrected chi connectivity index (χ3v) is 4.39. The van der Waals surface area contributed by atoms with E-state index in [-0.39, 0.29) is 12.1 Å². The topological polar surface area (TPSA) is 38.7 Å². The first-order valence-electron chi connectivity index (χ1n) is 7.33. The molecule has 0 aromatic heterocycles. The first-order valence-corrected chi connectivity index (χ1v) is 7.33. The maximum atomic E-state index is 9.66. The molecule has 2 unspecified atom stereocenters. The van der Waals surface area contributed by atoms with E-state index in [1.54, 1.807) is 0 Å². The van der Waals surface area contributed by atoms with Crippen molar-refractivity contribution in [2.45, 2.75) is 50.7 Å². The molecule has 2 fully saturated rings. The van der Waals surface area contributed by atoms with E-state index in [0.29, 0.717) is 12.1 Å². The Labute approximate surface area is 111 Å². The van der Waals surface area contributed by atoms with Crippen LogP contribution in [0.3, 0.4) is 0 Å². The summed E-state index contributed by atoms with van der Waals surface area (Å²) in [7, 11) is 2.19. The van der Waals surface area contributed by atoms with E-state index in [1.807, 2.05) is 0 Å². The number of nitrogens with one attached hydrogen (secondary N) is 1. The van der Waals surface area contributed by atoms with Gasteiger partial charge in [-0.1, -0.05) is 0 Å². The summed E-state index contributed by atoms with van der Waals surface area (Å²) in [4.78, 5) is 4.94.